The SMILES string of the molecule is O=C(O)CCCNC(=O)CSc1ccc(F)c(F)c1. The van der Waals surface area contributed by atoms with Gasteiger partial charge in [0.25, 0.3) is 0 Å². The summed E-state index contributed by atoms with van der Waals surface area (Å²) in [7, 11) is 0. The fourth-order valence-electron chi connectivity index (χ4n) is 1.23. The molecule has 0 saturated heterocycles. The average Bonchev–Trinajstić information content (AvgIpc) is 2.36. The third kappa shape index (κ3) is 6.19. The molecule has 4 nitrogen and oxygen atoms in total. The van der Waals surface area contributed by atoms with Gasteiger partial charge in [0.1, 0.15) is 0 Å². The van der Waals surface area contributed by atoms with Crippen LogP contribution in [0.5, 0.6) is 0 Å². The van der Waals surface area contributed by atoms with Crippen molar-refractivity contribution < 1.29 is 23.5 Å². The highest BCUT2D eigenvalue weighted by Gasteiger charge is 2.06. The Kier molecular flexibility index (Phi) is 6.27. The zero-order valence-corrected chi connectivity index (χ0v) is 10.8. The van der Waals surface area contributed by atoms with E-state index in [2.05, 4.69) is 5.32 Å². The molecule has 0 bridgehead atoms. The molecule has 1 rings (SSSR count). The van der Waals surface area contributed by atoms with Gasteiger partial charge in [-0.15, -0.1) is 11.8 Å². The van der Waals surface area contributed by atoms with Crippen LogP contribution in [-0.2, 0) is 9.59 Å². The van der Waals surface area contributed by atoms with Crippen molar-refractivity contribution in [3.8, 4) is 0 Å². The Morgan fingerprint density at radius 3 is 2.63 bits per heavy atom. The zero-order chi connectivity index (χ0) is 14.3. The summed E-state index contributed by atoms with van der Waals surface area (Å²) in [6.07, 6.45) is 0.355. The summed E-state index contributed by atoms with van der Waals surface area (Å²) >= 11 is 1.08. The minimum Gasteiger partial charge on any atom is -0.481 e. The lowest BCUT2D eigenvalue weighted by Crippen LogP contribution is -2.26. The maximum Gasteiger partial charge on any atom is 0.303 e. The predicted octanol–water partition coefficient (Wildman–Crippen LogP) is 2.04. The van der Waals surface area contributed by atoms with Gasteiger partial charge in [-0.3, -0.25) is 9.59 Å². The summed E-state index contributed by atoms with van der Waals surface area (Å²) in [5.41, 5.74) is 0. The van der Waals surface area contributed by atoms with Crippen molar-refractivity contribution in [2.24, 2.45) is 0 Å². The molecular formula is C12H13F2NO3S. The first-order valence-electron chi connectivity index (χ1n) is 5.55. The molecule has 7 heteroatoms. The molecule has 1 amide bonds. The minimum absolute atomic E-state index is 0.00338. The van der Waals surface area contributed by atoms with Crippen LogP contribution in [0.3, 0.4) is 0 Å². The third-order valence-corrected chi connectivity index (χ3v) is 3.14. The molecule has 19 heavy (non-hydrogen) atoms. The number of amides is 1. The lowest BCUT2D eigenvalue weighted by molar-refractivity contribution is -0.137. The number of carbonyl (C=O) groups is 2. The van der Waals surface area contributed by atoms with Gasteiger partial charge in [-0.2, -0.15) is 0 Å². The van der Waals surface area contributed by atoms with Gasteiger partial charge in [0.2, 0.25) is 5.91 Å². The van der Waals surface area contributed by atoms with Crippen LogP contribution >= 0.6 is 11.8 Å². The van der Waals surface area contributed by atoms with Gasteiger partial charge in [0.05, 0.1) is 5.75 Å². The van der Waals surface area contributed by atoms with E-state index < -0.39 is 17.6 Å². The molecule has 0 aliphatic heterocycles. The second kappa shape index (κ2) is 7.73. The molecule has 0 saturated carbocycles. The summed E-state index contributed by atoms with van der Waals surface area (Å²) in [4.78, 5) is 22.1. The topological polar surface area (TPSA) is 66.4 Å². The Bertz CT molecular complexity index is 468. The summed E-state index contributed by atoms with van der Waals surface area (Å²) < 4.78 is 25.5. The van der Waals surface area contributed by atoms with Gasteiger partial charge in [0, 0.05) is 17.9 Å². The van der Waals surface area contributed by atoms with Crippen molar-refractivity contribution in [3.05, 3.63) is 29.8 Å². The minimum atomic E-state index is -0.952. The molecule has 0 aliphatic rings. The van der Waals surface area contributed by atoms with Crippen LogP contribution in [0.2, 0.25) is 0 Å². The number of thioether (sulfide) groups is 1. The fraction of sp³-hybridized carbons (Fsp3) is 0.333. The first-order valence-corrected chi connectivity index (χ1v) is 6.54. The summed E-state index contributed by atoms with van der Waals surface area (Å²) in [5.74, 6) is -3.00. The van der Waals surface area contributed by atoms with Crippen LogP contribution in [0.25, 0.3) is 0 Å². The molecule has 0 radical (unpaired) electrons. The second-order valence-electron chi connectivity index (χ2n) is 3.71. The van der Waals surface area contributed by atoms with E-state index in [0.29, 0.717) is 11.3 Å². The number of carboxylic acid groups (broad SMARTS) is 1. The standard InChI is InChI=1S/C12H13F2NO3S/c13-9-4-3-8(6-10(9)14)19-7-11(16)15-5-1-2-12(17)18/h3-4,6H,1-2,5,7H2,(H,15,16)(H,17,18). The van der Waals surface area contributed by atoms with Gasteiger partial charge in [-0.1, -0.05) is 0 Å². The van der Waals surface area contributed by atoms with E-state index >= 15 is 0 Å². The van der Waals surface area contributed by atoms with Gasteiger partial charge >= 0.3 is 5.97 Å². The molecule has 1 aromatic rings. The van der Waals surface area contributed by atoms with Crippen LogP contribution in [0.1, 0.15) is 12.8 Å². The predicted molar refractivity (Wildman–Crippen MR) is 67.0 cm³/mol. The molecule has 0 atom stereocenters. The monoisotopic (exact) mass is 289 g/mol. The number of hydrogen-bond donors (Lipinski definition) is 2. The highest BCUT2D eigenvalue weighted by molar-refractivity contribution is 8.00. The van der Waals surface area contributed by atoms with E-state index in [9.17, 15) is 18.4 Å². The Hall–Kier alpha value is -1.63. The molecule has 0 fully saturated rings. The fourth-order valence-corrected chi connectivity index (χ4v) is 1.98. The largest absolute Gasteiger partial charge is 0.481 e. The second-order valence-corrected chi connectivity index (χ2v) is 4.76. The number of rotatable bonds is 7. The smallest absolute Gasteiger partial charge is 0.303 e. The first-order chi connectivity index (χ1) is 8.99. The number of carbonyl (C=O) groups excluding carboxylic acids is 1. The van der Waals surface area contributed by atoms with Crippen LogP contribution in [0.4, 0.5) is 8.78 Å². The first kappa shape index (κ1) is 15.4. The van der Waals surface area contributed by atoms with Gasteiger partial charge in [-0.05, 0) is 24.6 Å². The third-order valence-electron chi connectivity index (χ3n) is 2.15. The number of aliphatic carboxylic acids is 1. The number of hydrogen-bond acceptors (Lipinski definition) is 3. The molecule has 0 aliphatic carbocycles. The maximum atomic E-state index is 12.9. The van der Waals surface area contributed by atoms with Crippen molar-refractivity contribution in [1.29, 1.82) is 0 Å². The lowest BCUT2D eigenvalue weighted by Gasteiger charge is -2.04. The molecule has 104 valence electrons. The van der Waals surface area contributed by atoms with Crippen LogP contribution in [0.15, 0.2) is 23.1 Å². The molecule has 1 aromatic carbocycles. The number of halogens is 2. The maximum absolute atomic E-state index is 12.9. The van der Waals surface area contributed by atoms with E-state index in [4.69, 9.17) is 5.11 Å². The Balaban J connectivity index is 2.26. The van der Waals surface area contributed by atoms with Crippen molar-refractivity contribution in [2.75, 3.05) is 12.3 Å². The molecule has 0 unspecified atom stereocenters. The van der Waals surface area contributed by atoms with E-state index in [1.54, 1.807) is 0 Å². The summed E-state index contributed by atoms with van der Waals surface area (Å²) in [6, 6.07) is 3.42. The molecule has 0 heterocycles. The highest BCUT2D eigenvalue weighted by Crippen LogP contribution is 2.19. The van der Waals surface area contributed by atoms with Gasteiger partial charge in [-0.25, -0.2) is 8.78 Å². The Labute approximate surface area is 113 Å². The number of benzene rings is 1. The van der Waals surface area contributed by atoms with Crippen molar-refractivity contribution in [1.82, 2.24) is 5.32 Å². The molecule has 0 aromatic heterocycles. The zero-order valence-electron chi connectivity index (χ0n) is 9.99. The van der Waals surface area contributed by atoms with E-state index in [1.807, 2.05) is 0 Å². The summed E-state index contributed by atoms with van der Waals surface area (Å²) in [5, 5.41) is 10.9. The normalized spacial score (nSPS) is 10.2. The van der Waals surface area contributed by atoms with Crippen LogP contribution in [-0.4, -0.2) is 29.3 Å². The molecule has 2 N–H and O–H groups in total. The molecule has 0 spiro atoms. The van der Waals surface area contributed by atoms with E-state index in [1.165, 1.54) is 6.07 Å². The molecular weight excluding hydrogens is 276 g/mol. The van der Waals surface area contributed by atoms with Gasteiger partial charge < -0.3 is 10.4 Å². The quantitative estimate of drug-likeness (QED) is 0.595. The van der Waals surface area contributed by atoms with Crippen molar-refractivity contribution >= 4 is 23.6 Å². The average molecular weight is 289 g/mol. The van der Waals surface area contributed by atoms with E-state index in [-0.39, 0.29) is 24.6 Å². The summed E-state index contributed by atoms with van der Waals surface area (Å²) in [6.45, 7) is 0.281. The van der Waals surface area contributed by atoms with E-state index in [0.717, 1.165) is 23.9 Å². The van der Waals surface area contributed by atoms with Gasteiger partial charge in [0.15, 0.2) is 11.6 Å². The lowest BCUT2D eigenvalue weighted by atomic mass is 10.3. The van der Waals surface area contributed by atoms with Crippen LogP contribution < -0.4 is 5.32 Å². The number of nitrogens with one attached hydrogen (secondary N) is 1. The Morgan fingerprint density at radius 1 is 1.26 bits per heavy atom. The number of carboxylic acids is 1. The van der Waals surface area contributed by atoms with Crippen molar-refractivity contribution in [3.63, 3.8) is 0 Å². The highest BCUT2D eigenvalue weighted by atomic mass is 32.2. The van der Waals surface area contributed by atoms with Crippen LogP contribution in [0, 0.1) is 11.6 Å². The Morgan fingerprint density at radius 2 is 2.00 bits per heavy atom. The van der Waals surface area contributed by atoms with Crippen molar-refractivity contribution in [2.45, 2.75) is 17.7 Å².